The third kappa shape index (κ3) is 5.73. The van der Waals surface area contributed by atoms with Gasteiger partial charge in [0.1, 0.15) is 5.82 Å². The molecule has 0 aliphatic heterocycles. The zero-order valence-corrected chi connectivity index (χ0v) is 12.4. The van der Waals surface area contributed by atoms with Gasteiger partial charge in [0.15, 0.2) is 0 Å². The minimum atomic E-state index is -0.515. The normalized spacial score (nSPS) is 11.2. The van der Waals surface area contributed by atoms with Gasteiger partial charge in [0.2, 0.25) is 11.8 Å². The summed E-state index contributed by atoms with van der Waals surface area (Å²) in [6.07, 6.45) is 0. The number of benzene rings is 1. The van der Waals surface area contributed by atoms with Crippen LogP contribution in [0.15, 0.2) is 18.2 Å². The molecule has 0 spiro atoms. The van der Waals surface area contributed by atoms with E-state index in [1.165, 1.54) is 18.2 Å². The van der Waals surface area contributed by atoms with E-state index in [-0.39, 0.29) is 42.5 Å². The molecule has 0 bridgehead atoms. The van der Waals surface area contributed by atoms with Gasteiger partial charge in [-0.05, 0) is 24.6 Å². The quantitative estimate of drug-likeness (QED) is 0.760. The van der Waals surface area contributed by atoms with Crippen LogP contribution in [0.1, 0.15) is 18.5 Å². The van der Waals surface area contributed by atoms with Gasteiger partial charge in [0.25, 0.3) is 0 Å². The summed E-state index contributed by atoms with van der Waals surface area (Å²) in [6.45, 7) is 1.40. The van der Waals surface area contributed by atoms with Crippen LogP contribution < -0.4 is 16.4 Å². The standard InChI is InChI=1S/C12H15ClFN3O2.ClH/c1-7(8-2-3-10(14)9(13)4-8)17-12(19)6-16-11(18)5-15;/h2-4,7H,5-6,15H2,1H3,(H,16,18)(H,17,19);1H. The van der Waals surface area contributed by atoms with Crippen molar-refractivity contribution >= 4 is 35.8 Å². The first kappa shape index (κ1) is 18.6. The highest BCUT2D eigenvalue weighted by atomic mass is 35.5. The van der Waals surface area contributed by atoms with Crippen LogP contribution >= 0.6 is 24.0 Å². The van der Waals surface area contributed by atoms with Gasteiger partial charge in [-0.25, -0.2) is 4.39 Å². The van der Waals surface area contributed by atoms with E-state index in [4.69, 9.17) is 17.3 Å². The Morgan fingerprint density at radius 1 is 1.40 bits per heavy atom. The second-order valence-electron chi connectivity index (χ2n) is 3.94. The maximum absolute atomic E-state index is 13.0. The molecule has 0 heterocycles. The Kier molecular flexibility index (Phi) is 8.13. The number of nitrogens with one attached hydrogen (secondary N) is 2. The highest BCUT2D eigenvalue weighted by Crippen LogP contribution is 2.20. The summed E-state index contributed by atoms with van der Waals surface area (Å²) in [5.41, 5.74) is 5.76. The fourth-order valence-corrected chi connectivity index (χ4v) is 1.60. The lowest BCUT2D eigenvalue weighted by atomic mass is 10.1. The van der Waals surface area contributed by atoms with Gasteiger partial charge in [-0.1, -0.05) is 17.7 Å². The van der Waals surface area contributed by atoms with Crippen LogP contribution in [0.2, 0.25) is 5.02 Å². The molecular formula is C12H16Cl2FN3O2. The Bertz CT molecular complexity index is 486. The van der Waals surface area contributed by atoms with Gasteiger partial charge in [-0.15, -0.1) is 12.4 Å². The van der Waals surface area contributed by atoms with Crippen molar-refractivity contribution in [2.75, 3.05) is 13.1 Å². The van der Waals surface area contributed by atoms with Gasteiger partial charge in [0, 0.05) is 0 Å². The number of hydrogen-bond acceptors (Lipinski definition) is 3. The molecule has 1 rings (SSSR count). The molecule has 0 fully saturated rings. The van der Waals surface area contributed by atoms with Crippen molar-refractivity contribution in [3.63, 3.8) is 0 Å². The Labute approximate surface area is 127 Å². The van der Waals surface area contributed by atoms with Gasteiger partial charge in [0.05, 0.1) is 24.2 Å². The average molecular weight is 324 g/mol. The molecule has 112 valence electrons. The maximum atomic E-state index is 13.0. The fraction of sp³-hybridized carbons (Fsp3) is 0.333. The van der Waals surface area contributed by atoms with E-state index >= 15 is 0 Å². The molecule has 8 heteroatoms. The lowest BCUT2D eigenvalue weighted by molar-refractivity contribution is -0.125. The smallest absolute Gasteiger partial charge is 0.239 e. The monoisotopic (exact) mass is 323 g/mol. The molecule has 2 amide bonds. The largest absolute Gasteiger partial charge is 0.348 e. The summed E-state index contributed by atoms with van der Waals surface area (Å²) < 4.78 is 13.0. The summed E-state index contributed by atoms with van der Waals surface area (Å²) in [5, 5.41) is 4.99. The van der Waals surface area contributed by atoms with Crippen molar-refractivity contribution in [1.82, 2.24) is 10.6 Å². The molecular weight excluding hydrogens is 308 g/mol. The molecule has 5 nitrogen and oxygen atoms in total. The number of halogens is 3. The lowest BCUT2D eigenvalue weighted by Crippen LogP contribution is -2.40. The Morgan fingerprint density at radius 3 is 2.60 bits per heavy atom. The van der Waals surface area contributed by atoms with E-state index in [0.717, 1.165) is 0 Å². The number of carbonyl (C=O) groups is 2. The molecule has 1 aromatic rings. The van der Waals surface area contributed by atoms with Crippen molar-refractivity contribution in [2.24, 2.45) is 5.73 Å². The topological polar surface area (TPSA) is 84.2 Å². The van der Waals surface area contributed by atoms with Gasteiger partial charge in [-0.2, -0.15) is 0 Å². The van der Waals surface area contributed by atoms with Crippen LogP contribution in [0, 0.1) is 5.82 Å². The highest BCUT2D eigenvalue weighted by molar-refractivity contribution is 6.30. The van der Waals surface area contributed by atoms with E-state index in [1.54, 1.807) is 6.92 Å². The van der Waals surface area contributed by atoms with Gasteiger partial charge < -0.3 is 16.4 Å². The highest BCUT2D eigenvalue weighted by Gasteiger charge is 2.11. The zero-order chi connectivity index (χ0) is 14.4. The van der Waals surface area contributed by atoms with E-state index in [2.05, 4.69) is 10.6 Å². The van der Waals surface area contributed by atoms with E-state index in [9.17, 15) is 14.0 Å². The SMILES string of the molecule is CC(NC(=O)CNC(=O)CN)c1ccc(F)c(Cl)c1.Cl. The predicted octanol–water partition coefficient (Wildman–Crippen LogP) is 1.15. The van der Waals surface area contributed by atoms with Crippen LogP contribution in [-0.4, -0.2) is 24.9 Å². The van der Waals surface area contributed by atoms with Gasteiger partial charge >= 0.3 is 0 Å². The van der Waals surface area contributed by atoms with Crippen molar-refractivity contribution in [3.05, 3.63) is 34.6 Å². The molecule has 1 aromatic carbocycles. The van der Waals surface area contributed by atoms with Crippen LogP contribution in [0.3, 0.4) is 0 Å². The summed E-state index contributed by atoms with van der Waals surface area (Å²) in [6, 6.07) is 3.86. The number of carbonyl (C=O) groups excluding carboxylic acids is 2. The zero-order valence-electron chi connectivity index (χ0n) is 10.8. The first-order valence-corrected chi connectivity index (χ1v) is 6.03. The van der Waals surface area contributed by atoms with E-state index in [1.807, 2.05) is 0 Å². The third-order valence-corrected chi connectivity index (χ3v) is 2.74. The first-order valence-electron chi connectivity index (χ1n) is 5.65. The maximum Gasteiger partial charge on any atom is 0.239 e. The summed E-state index contributed by atoms with van der Waals surface area (Å²) in [4.78, 5) is 22.4. The van der Waals surface area contributed by atoms with Crippen LogP contribution in [-0.2, 0) is 9.59 Å². The van der Waals surface area contributed by atoms with Crippen molar-refractivity contribution in [2.45, 2.75) is 13.0 Å². The number of nitrogens with two attached hydrogens (primary N) is 1. The van der Waals surface area contributed by atoms with Crippen LogP contribution in [0.4, 0.5) is 4.39 Å². The molecule has 20 heavy (non-hydrogen) atoms. The molecule has 4 N–H and O–H groups in total. The Morgan fingerprint density at radius 2 is 2.05 bits per heavy atom. The number of hydrogen-bond donors (Lipinski definition) is 3. The fourth-order valence-electron chi connectivity index (χ4n) is 1.41. The van der Waals surface area contributed by atoms with E-state index in [0.29, 0.717) is 5.56 Å². The minimum absolute atomic E-state index is 0. The Balaban J connectivity index is 0.00000361. The second-order valence-corrected chi connectivity index (χ2v) is 4.35. The third-order valence-electron chi connectivity index (χ3n) is 2.45. The average Bonchev–Trinajstić information content (AvgIpc) is 2.38. The second kappa shape index (κ2) is 8.73. The molecule has 0 aliphatic carbocycles. The summed E-state index contributed by atoms with van der Waals surface area (Å²) in [5.74, 6) is -1.29. The molecule has 0 saturated carbocycles. The molecule has 0 radical (unpaired) electrons. The van der Waals surface area contributed by atoms with Crippen molar-refractivity contribution in [1.29, 1.82) is 0 Å². The number of rotatable bonds is 5. The number of amides is 2. The summed E-state index contributed by atoms with van der Waals surface area (Å²) in [7, 11) is 0. The molecule has 0 aliphatic rings. The minimum Gasteiger partial charge on any atom is -0.348 e. The molecule has 1 unspecified atom stereocenters. The van der Waals surface area contributed by atoms with Crippen molar-refractivity contribution < 1.29 is 14.0 Å². The summed E-state index contributed by atoms with van der Waals surface area (Å²) >= 11 is 5.66. The predicted molar refractivity (Wildman–Crippen MR) is 77.3 cm³/mol. The molecule has 0 aromatic heterocycles. The van der Waals surface area contributed by atoms with Crippen LogP contribution in [0.25, 0.3) is 0 Å². The van der Waals surface area contributed by atoms with Crippen LogP contribution in [0.5, 0.6) is 0 Å². The molecule has 1 atom stereocenters. The Hall–Kier alpha value is -1.37. The lowest BCUT2D eigenvalue weighted by Gasteiger charge is -2.15. The van der Waals surface area contributed by atoms with Crippen molar-refractivity contribution in [3.8, 4) is 0 Å². The van der Waals surface area contributed by atoms with Gasteiger partial charge in [-0.3, -0.25) is 9.59 Å². The first-order chi connectivity index (χ1) is 8.93. The van der Waals surface area contributed by atoms with E-state index < -0.39 is 11.7 Å². The molecule has 0 saturated heterocycles.